The third-order valence-electron chi connectivity index (χ3n) is 3.72. The first-order valence-corrected chi connectivity index (χ1v) is 6.31. The SMILES string of the molecule is COC1(CNC(=O)c2ccc(CN)cc2)CCC1. The maximum Gasteiger partial charge on any atom is 0.251 e. The Labute approximate surface area is 108 Å². The summed E-state index contributed by atoms with van der Waals surface area (Å²) in [6, 6.07) is 7.37. The molecule has 1 aromatic carbocycles. The van der Waals surface area contributed by atoms with Crippen molar-refractivity contribution in [1.82, 2.24) is 5.32 Å². The molecule has 1 aliphatic rings. The number of rotatable bonds is 5. The van der Waals surface area contributed by atoms with Crippen molar-refractivity contribution in [2.45, 2.75) is 31.4 Å². The number of methoxy groups -OCH3 is 1. The number of hydrogen-bond donors (Lipinski definition) is 2. The summed E-state index contributed by atoms with van der Waals surface area (Å²) in [6.07, 6.45) is 3.22. The quantitative estimate of drug-likeness (QED) is 0.829. The first-order valence-electron chi connectivity index (χ1n) is 6.31. The van der Waals surface area contributed by atoms with Crippen molar-refractivity contribution in [3.05, 3.63) is 35.4 Å². The average molecular weight is 248 g/mol. The van der Waals surface area contributed by atoms with E-state index in [1.54, 1.807) is 19.2 Å². The summed E-state index contributed by atoms with van der Waals surface area (Å²) >= 11 is 0. The van der Waals surface area contributed by atoms with Gasteiger partial charge in [0, 0.05) is 25.8 Å². The minimum atomic E-state index is -0.132. The van der Waals surface area contributed by atoms with Gasteiger partial charge in [-0.1, -0.05) is 12.1 Å². The van der Waals surface area contributed by atoms with Gasteiger partial charge in [0.2, 0.25) is 0 Å². The highest BCUT2D eigenvalue weighted by Crippen LogP contribution is 2.34. The average Bonchev–Trinajstić information content (AvgIpc) is 2.38. The number of amides is 1. The molecule has 3 N–H and O–H groups in total. The van der Waals surface area contributed by atoms with Crippen LogP contribution < -0.4 is 11.1 Å². The smallest absolute Gasteiger partial charge is 0.251 e. The molecular weight excluding hydrogens is 228 g/mol. The van der Waals surface area contributed by atoms with Gasteiger partial charge in [0.25, 0.3) is 5.91 Å². The molecule has 1 amide bonds. The maximum atomic E-state index is 11.9. The molecule has 4 nitrogen and oxygen atoms in total. The zero-order chi connectivity index (χ0) is 13.0. The lowest BCUT2D eigenvalue weighted by Crippen LogP contribution is -2.49. The molecule has 1 saturated carbocycles. The largest absolute Gasteiger partial charge is 0.376 e. The van der Waals surface area contributed by atoms with Gasteiger partial charge in [0.15, 0.2) is 0 Å². The lowest BCUT2D eigenvalue weighted by Gasteiger charge is -2.40. The van der Waals surface area contributed by atoms with Crippen molar-refractivity contribution in [2.75, 3.05) is 13.7 Å². The first-order chi connectivity index (χ1) is 8.69. The highest BCUT2D eigenvalue weighted by Gasteiger charge is 2.37. The fourth-order valence-electron chi connectivity index (χ4n) is 2.16. The lowest BCUT2D eigenvalue weighted by atomic mass is 9.80. The molecule has 0 aliphatic heterocycles. The van der Waals surface area contributed by atoms with E-state index in [0.717, 1.165) is 18.4 Å². The minimum Gasteiger partial charge on any atom is -0.376 e. The van der Waals surface area contributed by atoms with Crippen LogP contribution in [0.2, 0.25) is 0 Å². The van der Waals surface area contributed by atoms with E-state index in [0.29, 0.717) is 18.7 Å². The lowest BCUT2D eigenvalue weighted by molar-refractivity contribution is -0.0679. The minimum absolute atomic E-state index is 0.0538. The molecule has 98 valence electrons. The number of benzene rings is 1. The van der Waals surface area contributed by atoms with Gasteiger partial charge in [-0.3, -0.25) is 4.79 Å². The molecule has 18 heavy (non-hydrogen) atoms. The summed E-state index contributed by atoms with van der Waals surface area (Å²) in [5, 5.41) is 2.93. The van der Waals surface area contributed by atoms with Crippen molar-refractivity contribution in [2.24, 2.45) is 5.73 Å². The van der Waals surface area contributed by atoms with E-state index >= 15 is 0 Å². The molecule has 0 bridgehead atoms. The van der Waals surface area contributed by atoms with Crippen molar-refractivity contribution < 1.29 is 9.53 Å². The van der Waals surface area contributed by atoms with Crippen LogP contribution in [0.3, 0.4) is 0 Å². The van der Waals surface area contributed by atoms with Crippen LogP contribution in [0.25, 0.3) is 0 Å². The Morgan fingerprint density at radius 3 is 2.50 bits per heavy atom. The number of carbonyl (C=O) groups excluding carboxylic acids is 1. The van der Waals surface area contributed by atoms with Gasteiger partial charge in [-0.15, -0.1) is 0 Å². The molecule has 0 atom stereocenters. The molecule has 0 unspecified atom stereocenters. The summed E-state index contributed by atoms with van der Waals surface area (Å²) in [6.45, 7) is 1.08. The Morgan fingerprint density at radius 2 is 2.06 bits per heavy atom. The van der Waals surface area contributed by atoms with E-state index in [4.69, 9.17) is 10.5 Å². The predicted molar refractivity (Wildman–Crippen MR) is 70.3 cm³/mol. The second-order valence-corrected chi connectivity index (χ2v) is 4.82. The van der Waals surface area contributed by atoms with Crippen molar-refractivity contribution in [1.29, 1.82) is 0 Å². The van der Waals surface area contributed by atoms with Crippen molar-refractivity contribution in [3.8, 4) is 0 Å². The molecule has 0 saturated heterocycles. The van der Waals surface area contributed by atoms with Crippen LogP contribution in [-0.4, -0.2) is 25.2 Å². The summed E-state index contributed by atoms with van der Waals surface area (Å²) < 4.78 is 5.47. The Kier molecular flexibility index (Phi) is 3.99. The number of nitrogens with two attached hydrogens (primary N) is 1. The fraction of sp³-hybridized carbons (Fsp3) is 0.500. The number of nitrogens with one attached hydrogen (secondary N) is 1. The fourth-order valence-corrected chi connectivity index (χ4v) is 2.16. The summed E-state index contributed by atoms with van der Waals surface area (Å²) in [4.78, 5) is 11.9. The molecule has 1 aliphatic carbocycles. The number of carbonyl (C=O) groups is 1. The van der Waals surface area contributed by atoms with Gasteiger partial charge >= 0.3 is 0 Å². The Morgan fingerprint density at radius 1 is 1.39 bits per heavy atom. The van der Waals surface area contributed by atoms with Crippen LogP contribution in [0.5, 0.6) is 0 Å². The van der Waals surface area contributed by atoms with Gasteiger partial charge in [0.05, 0.1) is 5.60 Å². The van der Waals surface area contributed by atoms with E-state index in [1.807, 2.05) is 12.1 Å². The van der Waals surface area contributed by atoms with E-state index in [2.05, 4.69) is 5.32 Å². The Bertz CT molecular complexity index is 405. The van der Waals surface area contributed by atoms with Crippen LogP contribution in [-0.2, 0) is 11.3 Å². The van der Waals surface area contributed by atoms with Gasteiger partial charge in [0.1, 0.15) is 0 Å². The topological polar surface area (TPSA) is 64.3 Å². The summed E-state index contributed by atoms with van der Waals surface area (Å²) in [5.74, 6) is -0.0538. The van der Waals surface area contributed by atoms with E-state index in [-0.39, 0.29) is 11.5 Å². The molecule has 0 heterocycles. The van der Waals surface area contributed by atoms with E-state index in [1.165, 1.54) is 6.42 Å². The van der Waals surface area contributed by atoms with Crippen molar-refractivity contribution >= 4 is 5.91 Å². The molecular formula is C14H20N2O2. The normalized spacial score (nSPS) is 17.0. The number of ether oxygens (including phenoxy) is 1. The van der Waals surface area contributed by atoms with Crippen LogP contribution in [0, 0.1) is 0 Å². The highest BCUT2D eigenvalue weighted by atomic mass is 16.5. The predicted octanol–water partition coefficient (Wildman–Crippen LogP) is 1.44. The molecule has 0 radical (unpaired) electrons. The summed E-state index contributed by atoms with van der Waals surface area (Å²) in [5.41, 5.74) is 7.08. The summed E-state index contributed by atoms with van der Waals surface area (Å²) in [7, 11) is 1.71. The Hall–Kier alpha value is -1.39. The van der Waals surface area contributed by atoms with Gasteiger partial charge in [-0.25, -0.2) is 0 Å². The van der Waals surface area contributed by atoms with Crippen LogP contribution in [0.15, 0.2) is 24.3 Å². The monoisotopic (exact) mass is 248 g/mol. The molecule has 2 rings (SSSR count). The zero-order valence-electron chi connectivity index (χ0n) is 10.7. The molecule has 0 spiro atoms. The maximum absolute atomic E-state index is 11.9. The van der Waals surface area contributed by atoms with Crippen LogP contribution in [0.4, 0.5) is 0 Å². The standard InChI is InChI=1S/C14H20N2O2/c1-18-14(7-2-8-14)10-16-13(17)12-5-3-11(9-15)4-6-12/h3-6H,2,7-10,15H2,1H3,(H,16,17). The Balaban J connectivity index is 1.90. The van der Waals surface area contributed by atoms with Crippen LogP contribution >= 0.6 is 0 Å². The van der Waals surface area contributed by atoms with E-state index in [9.17, 15) is 4.79 Å². The van der Waals surface area contributed by atoms with Gasteiger partial charge in [-0.05, 0) is 37.0 Å². The van der Waals surface area contributed by atoms with Gasteiger partial charge < -0.3 is 15.8 Å². The zero-order valence-corrected chi connectivity index (χ0v) is 10.7. The third-order valence-corrected chi connectivity index (χ3v) is 3.72. The van der Waals surface area contributed by atoms with Gasteiger partial charge in [-0.2, -0.15) is 0 Å². The first kappa shape index (κ1) is 13.1. The van der Waals surface area contributed by atoms with E-state index < -0.39 is 0 Å². The molecule has 1 aromatic rings. The molecule has 0 aromatic heterocycles. The number of hydrogen-bond acceptors (Lipinski definition) is 3. The molecule has 4 heteroatoms. The second kappa shape index (κ2) is 5.50. The molecule has 1 fully saturated rings. The van der Waals surface area contributed by atoms with Crippen LogP contribution in [0.1, 0.15) is 35.2 Å². The van der Waals surface area contributed by atoms with Crippen molar-refractivity contribution in [3.63, 3.8) is 0 Å². The highest BCUT2D eigenvalue weighted by molar-refractivity contribution is 5.94. The third kappa shape index (κ3) is 2.71. The second-order valence-electron chi connectivity index (χ2n) is 4.82.